The van der Waals surface area contributed by atoms with Crippen LogP contribution in [0.1, 0.15) is 45.6 Å². The van der Waals surface area contributed by atoms with Crippen LogP contribution in [0.4, 0.5) is 0 Å². The number of nitrogens with zero attached hydrogens (tertiary/aromatic N) is 1. The predicted molar refractivity (Wildman–Crippen MR) is 120 cm³/mol. The molecule has 0 aliphatic heterocycles. The van der Waals surface area contributed by atoms with Gasteiger partial charge in [-0.2, -0.15) is 0 Å². The van der Waals surface area contributed by atoms with Gasteiger partial charge in [-0.1, -0.05) is 55.5 Å². The molecule has 0 saturated heterocycles. The van der Waals surface area contributed by atoms with Gasteiger partial charge in [0, 0.05) is 19.0 Å². The second-order valence-electron chi connectivity index (χ2n) is 7.58. The largest absolute Gasteiger partial charge is 0.494 e. The SMILES string of the molecule is CC[C@H](C)NC(=O)[C@@H](C)N(CCc1ccccc1)C(=O)CCCOc1ccccc1. The van der Waals surface area contributed by atoms with Crippen molar-refractivity contribution in [2.75, 3.05) is 13.2 Å². The van der Waals surface area contributed by atoms with E-state index < -0.39 is 6.04 Å². The molecule has 0 saturated carbocycles. The van der Waals surface area contributed by atoms with Crippen LogP contribution in [0.2, 0.25) is 0 Å². The standard InChI is InChI=1S/C25H34N2O3/c1-4-20(2)26-25(29)21(3)27(18-17-22-12-7-5-8-13-22)24(28)16-11-19-30-23-14-9-6-10-15-23/h5-10,12-15,20-21H,4,11,16-19H2,1-3H3,(H,26,29)/t20-,21+/m0/s1. The molecule has 2 atom stereocenters. The molecule has 2 aromatic rings. The van der Waals surface area contributed by atoms with Crippen LogP contribution in [0.5, 0.6) is 5.75 Å². The fourth-order valence-corrected chi connectivity index (χ4v) is 3.11. The smallest absolute Gasteiger partial charge is 0.242 e. The topological polar surface area (TPSA) is 58.6 Å². The molecule has 2 rings (SSSR count). The minimum atomic E-state index is -0.509. The molecule has 162 valence electrons. The predicted octanol–water partition coefficient (Wildman–Crippen LogP) is 4.22. The highest BCUT2D eigenvalue weighted by Crippen LogP contribution is 2.12. The van der Waals surface area contributed by atoms with E-state index in [9.17, 15) is 9.59 Å². The van der Waals surface area contributed by atoms with Gasteiger partial charge < -0.3 is 15.0 Å². The molecule has 30 heavy (non-hydrogen) atoms. The van der Waals surface area contributed by atoms with Gasteiger partial charge in [0.1, 0.15) is 11.8 Å². The summed E-state index contributed by atoms with van der Waals surface area (Å²) in [5.74, 6) is 0.674. The molecule has 2 amide bonds. The average molecular weight is 411 g/mol. The summed E-state index contributed by atoms with van der Waals surface area (Å²) in [5.41, 5.74) is 1.15. The number of rotatable bonds is 12. The highest BCUT2D eigenvalue weighted by atomic mass is 16.5. The highest BCUT2D eigenvalue weighted by Gasteiger charge is 2.26. The van der Waals surface area contributed by atoms with Crippen molar-refractivity contribution in [3.8, 4) is 5.75 Å². The molecule has 5 nitrogen and oxygen atoms in total. The Kier molecular flexibility index (Phi) is 9.92. The van der Waals surface area contributed by atoms with Crippen LogP contribution < -0.4 is 10.1 Å². The summed E-state index contributed by atoms with van der Waals surface area (Å²) in [6, 6.07) is 19.2. The van der Waals surface area contributed by atoms with Crippen LogP contribution in [0, 0.1) is 0 Å². The molecule has 0 radical (unpaired) electrons. The zero-order chi connectivity index (χ0) is 21.8. The van der Waals surface area contributed by atoms with Gasteiger partial charge in [-0.05, 0) is 50.8 Å². The molecule has 0 bridgehead atoms. The number of benzene rings is 2. The van der Waals surface area contributed by atoms with E-state index in [0.29, 0.717) is 32.4 Å². The lowest BCUT2D eigenvalue weighted by Gasteiger charge is -2.29. The van der Waals surface area contributed by atoms with Gasteiger partial charge >= 0.3 is 0 Å². The highest BCUT2D eigenvalue weighted by molar-refractivity contribution is 5.87. The Hall–Kier alpha value is -2.82. The van der Waals surface area contributed by atoms with Crippen LogP contribution in [-0.2, 0) is 16.0 Å². The Morgan fingerprint density at radius 3 is 2.27 bits per heavy atom. The van der Waals surface area contributed by atoms with E-state index in [2.05, 4.69) is 5.32 Å². The summed E-state index contributed by atoms with van der Waals surface area (Å²) in [4.78, 5) is 27.3. The fourth-order valence-electron chi connectivity index (χ4n) is 3.11. The molecule has 0 aromatic heterocycles. The number of hydrogen-bond acceptors (Lipinski definition) is 3. The number of ether oxygens (including phenoxy) is 1. The number of hydrogen-bond donors (Lipinski definition) is 1. The van der Waals surface area contributed by atoms with E-state index in [-0.39, 0.29) is 17.9 Å². The minimum absolute atomic E-state index is 0.0191. The average Bonchev–Trinajstić information content (AvgIpc) is 2.78. The summed E-state index contributed by atoms with van der Waals surface area (Å²) in [6.07, 6.45) is 2.53. The summed E-state index contributed by atoms with van der Waals surface area (Å²) in [5, 5.41) is 2.99. The first kappa shape index (κ1) is 23.5. The van der Waals surface area contributed by atoms with Crippen LogP contribution >= 0.6 is 0 Å². The Bertz CT molecular complexity index is 764. The normalized spacial score (nSPS) is 12.6. The molecular weight excluding hydrogens is 376 g/mol. The van der Waals surface area contributed by atoms with Gasteiger partial charge in [0.25, 0.3) is 0 Å². The van der Waals surface area contributed by atoms with Crippen LogP contribution in [-0.4, -0.2) is 41.9 Å². The molecule has 0 unspecified atom stereocenters. The van der Waals surface area contributed by atoms with Crippen molar-refractivity contribution in [3.05, 3.63) is 66.2 Å². The molecule has 5 heteroatoms. The lowest BCUT2D eigenvalue weighted by Crippen LogP contribution is -2.50. The monoisotopic (exact) mass is 410 g/mol. The van der Waals surface area contributed by atoms with E-state index in [1.807, 2.05) is 74.5 Å². The number of carbonyl (C=O) groups is 2. The van der Waals surface area contributed by atoms with Gasteiger partial charge in [-0.15, -0.1) is 0 Å². The number of nitrogens with one attached hydrogen (secondary N) is 1. The van der Waals surface area contributed by atoms with E-state index in [1.54, 1.807) is 11.8 Å². The summed E-state index contributed by atoms with van der Waals surface area (Å²) < 4.78 is 5.69. The fraction of sp³-hybridized carbons (Fsp3) is 0.440. The van der Waals surface area contributed by atoms with Crippen molar-refractivity contribution >= 4 is 11.8 Å². The zero-order valence-electron chi connectivity index (χ0n) is 18.3. The first-order valence-electron chi connectivity index (χ1n) is 10.8. The molecule has 1 N–H and O–H groups in total. The third-order valence-corrected chi connectivity index (χ3v) is 5.20. The maximum absolute atomic E-state index is 13.0. The zero-order valence-corrected chi connectivity index (χ0v) is 18.3. The van der Waals surface area contributed by atoms with Gasteiger partial charge in [-0.3, -0.25) is 9.59 Å². The summed E-state index contributed by atoms with van der Waals surface area (Å²) >= 11 is 0. The Balaban J connectivity index is 1.94. The van der Waals surface area contributed by atoms with Crippen molar-refractivity contribution in [1.82, 2.24) is 10.2 Å². The van der Waals surface area contributed by atoms with Crippen LogP contribution in [0.15, 0.2) is 60.7 Å². The lowest BCUT2D eigenvalue weighted by molar-refractivity contribution is -0.140. The third kappa shape index (κ3) is 7.90. The Morgan fingerprint density at radius 1 is 1.00 bits per heavy atom. The Morgan fingerprint density at radius 2 is 1.63 bits per heavy atom. The molecule has 0 fully saturated rings. The maximum Gasteiger partial charge on any atom is 0.242 e. The van der Waals surface area contributed by atoms with Gasteiger partial charge in [0.15, 0.2) is 0 Å². The van der Waals surface area contributed by atoms with E-state index in [1.165, 1.54) is 0 Å². The van der Waals surface area contributed by atoms with Crippen LogP contribution in [0.25, 0.3) is 0 Å². The lowest BCUT2D eigenvalue weighted by atomic mass is 10.1. The summed E-state index contributed by atoms with van der Waals surface area (Å²) in [6.45, 7) is 6.79. The second kappa shape index (κ2) is 12.7. The summed E-state index contributed by atoms with van der Waals surface area (Å²) in [7, 11) is 0. The van der Waals surface area contributed by atoms with E-state index >= 15 is 0 Å². The first-order valence-corrected chi connectivity index (χ1v) is 10.8. The van der Waals surface area contributed by atoms with Crippen molar-refractivity contribution in [2.24, 2.45) is 0 Å². The second-order valence-corrected chi connectivity index (χ2v) is 7.58. The maximum atomic E-state index is 13.0. The van der Waals surface area contributed by atoms with Gasteiger partial charge in [0.2, 0.25) is 11.8 Å². The van der Waals surface area contributed by atoms with Crippen molar-refractivity contribution in [3.63, 3.8) is 0 Å². The number of carbonyl (C=O) groups excluding carboxylic acids is 2. The molecule has 0 aliphatic carbocycles. The Labute approximate surface area is 180 Å². The van der Waals surface area contributed by atoms with Crippen molar-refractivity contribution in [1.29, 1.82) is 0 Å². The molecule has 2 aromatic carbocycles. The van der Waals surface area contributed by atoms with Crippen molar-refractivity contribution < 1.29 is 14.3 Å². The molecular formula is C25H34N2O3. The number of amides is 2. The molecule has 0 spiro atoms. The molecule has 0 heterocycles. The van der Waals surface area contributed by atoms with Crippen LogP contribution in [0.3, 0.4) is 0 Å². The number of para-hydroxylation sites is 1. The minimum Gasteiger partial charge on any atom is -0.494 e. The van der Waals surface area contributed by atoms with Gasteiger partial charge in [-0.25, -0.2) is 0 Å². The van der Waals surface area contributed by atoms with Crippen molar-refractivity contribution in [2.45, 2.75) is 58.5 Å². The quantitative estimate of drug-likeness (QED) is 0.533. The van der Waals surface area contributed by atoms with E-state index in [4.69, 9.17) is 4.74 Å². The first-order chi connectivity index (χ1) is 14.5. The molecule has 0 aliphatic rings. The third-order valence-electron chi connectivity index (χ3n) is 5.20. The van der Waals surface area contributed by atoms with Gasteiger partial charge in [0.05, 0.1) is 6.61 Å². The van der Waals surface area contributed by atoms with E-state index in [0.717, 1.165) is 17.7 Å².